The van der Waals surface area contributed by atoms with Crippen LogP contribution < -0.4 is 21.3 Å². The van der Waals surface area contributed by atoms with Gasteiger partial charge in [0.1, 0.15) is 60.4 Å². The normalized spacial score (nSPS) is 23.9. The van der Waals surface area contributed by atoms with Crippen LogP contribution in [0.2, 0.25) is 0 Å². The third kappa shape index (κ3) is 23.6. The van der Waals surface area contributed by atoms with Crippen LogP contribution in [0.3, 0.4) is 0 Å². The van der Waals surface area contributed by atoms with Gasteiger partial charge >= 0.3 is 0 Å². The number of aliphatic hydroxyl groups excluding tert-OH is 1. The molecule has 2 fully saturated rings. The molecule has 0 bridgehead atoms. The summed E-state index contributed by atoms with van der Waals surface area (Å²) in [5, 5.41) is 22.4. The summed E-state index contributed by atoms with van der Waals surface area (Å²) in [6.07, 6.45) is -0.0327. The van der Waals surface area contributed by atoms with Gasteiger partial charge in [-0.25, -0.2) is 0 Å². The van der Waals surface area contributed by atoms with E-state index in [9.17, 15) is 53.1 Å². The van der Waals surface area contributed by atoms with Crippen LogP contribution in [-0.2, 0) is 75.2 Å². The zero-order valence-corrected chi connectivity index (χ0v) is 62.6. The Morgan fingerprint density at radius 1 is 0.530 bits per heavy atom. The van der Waals surface area contributed by atoms with Crippen LogP contribution in [0.5, 0.6) is 0 Å². The van der Waals surface area contributed by atoms with Crippen molar-refractivity contribution in [3.63, 3.8) is 0 Å². The van der Waals surface area contributed by atoms with Gasteiger partial charge in [0.2, 0.25) is 76.8 Å². The lowest BCUT2D eigenvalue weighted by Gasteiger charge is -2.37. The maximum absolute atomic E-state index is 15.4. The zero-order chi connectivity index (χ0) is 75.3. The number of hydrogen-bond donors (Lipinski definition) is 5. The molecule has 5 N–H and O–H groups in total. The van der Waals surface area contributed by atoms with Crippen LogP contribution in [0.1, 0.15) is 139 Å². The summed E-state index contributed by atoms with van der Waals surface area (Å²) in [5.74, 6) is -10.6. The monoisotopic (exact) mass is 1400 g/mol. The number of amides is 13. The molecule has 11 atom stereocenters. The van der Waals surface area contributed by atoms with Crippen molar-refractivity contribution in [1.29, 1.82) is 0 Å². The molecular weight excluding hydrogens is 1280 g/mol. The van der Waals surface area contributed by atoms with E-state index in [-0.39, 0.29) is 68.7 Å². The van der Waals surface area contributed by atoms with Crippen LogP contribution in [0.4, 0.5) is 0 Å². The van der Waals surface area contributed by atoms with E-state index >= 15 is 14.4 Å². The molecule has 556 valence electrons. The quantitative estimate of drug-likeness (QED) is 0.152. The van der Waals surface area contributed by atoms with Gasteiger partial charge in [0, 0.05) is 95.3 Å². The third-order valence-electron chi connectivity index (χ3n) is 19.1. The number of nitrogens with zero attached hydrogens (tertiary/aromatic N) is 9. The lowest BCUT2D eigenvalue weighted by Crippen LogP contribution is -2.62. The van der Waals surface area contributed by atoms with Crippen molar-refractivity contribution in [2.75, 3.05) is 82.6 Å². The van der Waals surface area contributed by atoms with Crippen LogP contribution >= 0.6 is 0 Å². The summed E-state index contributed by atoms with van der Waals surface area (Å²) in [6.45, 7) is 18.8. The summed E-state index contributed by atoms with van der Waals surface area (Å²) in [4.78, 5) is 202. The van der Waals surface area contributed by atoms with Gasteiger partial charge in [0.05, 0.1) is 19.1 Å². The predicted octanol–water partition coefficient (Wildman–Crippen LogP) is 2.31. The molecule has 0 aromatic heterocycles. The molecule has 0 radical (unpaired) electrons. The van der Waals surface area contributed by atoms with Crippen molar-refractivity contribution in [1.82, 2.24) is 65.4 Å². The summed E-state index contributed by atoms with van der Waals surface area (Å²) < 4.78 is 0. The highest BCUT2D eigenvalue weighted by molar-refractivity contribution is 6.00. The average Bonchev–Trinajstić information content (AvgIpc) is 0.832. The molecule has 2 aromatic carbocycles. The van der Waals surface area contributed by atoms with Gasteiger partial charge in [0.25, 0.3) is 0 Å². The van der Waals surface area contributed by atoms with Crippen LogP contribution in [0.25, 0.3) is 0 Å². The van der Waals surface area contributed by atoms with Crippen molar-refractivity contribution in [3.05, 3.63) is 71.8 Å². The molecule has 2 saturated heterocycles. The van der Waals surface area contributed by atoms with Crippen molar-refractivity contribution in [3.8, 4) is 0 Å². The van der Waals surface area contributed by atoms with Gasteiger partial charge in [-0.05, 0) is 94.1 Å². The third-order valence-corrected chi connectivity index (χ3v) is 19.1. The Kier molecular flexibility index (Phi) is 32.7. The molecule has 13 amide bonds. The van der Waals surface area contributed by atoms with Gasteiger partial charge in [-0.2, -0.15) is 0 Å². The van der Waals surface area contributed by atoms with E-state index in [2.05, 4.69) is 21.3 Å². The molecule has 27 nitrogen and oxygen atoms in total. The number of carbonyl (C=O) groups is 13. The van der Waals surface area contributed by atoms with E-state index < -0.39 is 156 Å². The Hall–Kier alpha value is -8.49. The van der Waals surface area contributed by atoms with Crippen molar-refractivity contribution in [2.45, 2.75) is 207 Å². The Morgan fingerprint density at radius 2 is 1.01 bits per heavy atom. The van der Waals surface area contributed by atoms with E-state index in [4.69, 9.17) is 0 Å². The number of likely N-dealkylation sites (N-methyl/N-ethyl adjacent to an activating group) is 7. The highest BCUT2D eigenvalue weighted by Crippen LogP contribution is 2.23. The standard InChI is InChI=1S/C73H115N13O14/c1-44(2)37-54-65(92)75-53(70(97)83(17)56(40-51-29-23-20-24-30-51)64(91)74-48(9)68(95)86-34-27-22-28-35-86)42-60(89)78(12)36-33-59(88)80(14)49(10)69(96)82(16)55(38-45(3)4)66(93)77-63(50(11)87)73(100)85(19)57(41-52-31-25-21-26-32-52)67(94)76-62(47(7)8)72(99)79(13)43-61(90)81(15)58(39-46(5)6)71(98)84(54)18/h20-21,23-26,29-32,44-50,53-58,62-63,87H,22,27-28,33-43H2,1-19H3,(H,74,91)(H,75,92)(H,76,94)(H,77,93)/t48-,49-,50+,53-,54-,55-,56-,57-,58-,62-,63-/m0/s1. The molecule has 0 saturated carbocycles. The Morgan fingerprint density at radius 3 is 1.53 bits per heavy atom. The molecular formula is C73H115N13O14. The number of piperidine rings is 1. The molecule has 27 heteroatoms. The molecule has 100 heavy (non-hydrogen) atoms. The largest absolute Gasteiger partial charge is 0.391 e. The molecule has 0 aliphatic carbocycles. The summed E-state index contributed by atoms with van der Waals surface area (Å²) >= 11 is 0. The molecule has 0 unspecified atom stereocenters. The SMILES string of the molecule is CC(C)C[C@H]1C(=O)N(C)[C@@H](CC(C)C)C(=O)N[C@H](C(=O)N(C)[C@@H](Cc2ccccc2)C(=O)N[C@@H](C)C(=O)N2CCCCC2)CC(=O)N(C)CCC(=O)N(C)[C@@H](C)C(=O)N(C)[C@@H](CC(C)C)C(=O)N[C@@H]([C@@H](C)O)C(=O)N(C)[C@@H](Cc2ccccc2)C(=O)N[C@@H](C(C)C)C(=O)N(C)CC(=O)N1C. The van der Waals surface area contributed by atoms with Gasteiger partial charge in [-0.1, -0.05) is 116 Å². The maximum atomic E-state index is 15.4. The molecule has 4 rings (SSSR count). The van der Waals surface area contributed by atoms with Gasteiger partial charge in [0.15, 0.2) is 0 Å². The van der Waals surface area contributed by atoms with Crippen LogP contribution in [-0.4, -0.2) is 275 Å². The maximum Gasteiger partial charge on any atom is 0.248 e. The number of benzene rings is 2. The highest BCUT2D eigenvalue weighted by Gasteiger charge is 2.43. The van der Waals surface area contributed by atoms with E-state index in [1.807, 2.05) is 41.5 Å². The molecule has 2 aromatic rings. The minimum Gasteiger partial charge on any atom is -0.391 e. The van der Waals surface area contributed by atoms with Crippen molar-refractivity contribution >= 4 is 76.8 Å². The Balaban J connectivity index is 1.89. The number of hydrogen-bond acceptors (Lipinski definition) is 14. The second kappa shape index (κ2) is 38.9. The van der Waals surface area contributed by atoms with Gasteiger partial charge in [-0.15, -0.1) is 0 Å². The fourth-order valence-corrected chi connectivity index (χ4v) is 12.4. The summed E-state index contributed by atoms with van der Waals surface area (Å²) in [5.41, 5.74) is 1.26. The van der Waals surface area contributed by atoms with Crippen LogP contribution in [0.15, 0.2) is 60.7 Å². The Labute approximate surface area is 592 Å². The lowest BCUT2D eigenvalue weighted by molar-refractivity contribution is -0.151. The second-order valence-electron chi connectivity index (χ2n) is 28.9. The fourth-order valence-electron chi connectivity index (χ4n) is 12.4. The summed E-state index contributed by atoms with van der Waals surface area (Å²) in [6, 6.07) is 4.15. The van der Waals surface area contributed by atoms with Crippen LogP contribution in [0, 0.1) is 23.7 Å². The van der Waals surface area contributed by atoms with Gasteiger partial charge in [-0.3, -0.25) is 62.3 Å². The first-order valence-corrected chi connectivity index (χ1v) is 35.1. The lowest BCUT2D eigenvalue weighted by atomic mass is 9.97. The number of aliphatic hydroxyl groups is 1. The first-order chi connectivity index (χ1) is 46.8. The topological polar surface area (TPSA) is 319 Å². The minimum absolute atomic E-state index is 0.0154. The van der Waals surface area contributed by atoms with E-state index in [0.29, 0.717) is 24.2 Å². The number of likely N-dealkylation sites (tertiary alicyclic amines) is 1. The molecule has 0 spiro atoms. The summed E-state index contributed by atoms with van der Waals surface area (Å²) in [7, 11) is 11.0. The number of rotatable bonds is 17. The van der Waals surface area contributed by atoms with Crippen molar-refractivity contribution < 1.29 is 67.4 Å². The first kappa shape index (κ1) is 83.9. The average molecular weight is 1400 g/mol. The fraction of sp³-hybridized carbons (Fsp3) is 0.658. The van der Waals surface area contributed by atoms with E-state index in [1.165, 1.54) is 84.9 Å². The van der Waals surface area contributed by atoms with Crippen molar-refractivity contribution in [2.24, 2.45) is 23.7 Å². The minimum atomic E-state index is -1.73. The zero-order valence-electron chi connectivity index (χ0n) is 62.6. The van der Waals surface area contributed by atoms with E-state index in [0.717, 1.165) is 43.8 Å². The van der Waals surface area contributed by atoms with Gasteiger partial charge < -0.3 is 70.5 Å². The second-order valence-corrected chi connectivity index (χ2v) is 28.9. The number of carbonyl (C=O) groups excluding carboxylic acids is 13. The highest BCUT2D eigenvalue weighted by atomic mass is 16.3. The smallest absolute Gasteiger partial charge is 0.248 e. The first-order valence-electron chi connectivity index (χ1n) is 35.1. The Bertz CT molecular complexity index is 3140. The molecule has 2 heterocycles. The number of nitrogens with one attached hydrogen (secondary N) is 4. The predicted molar refractivity (Wildman–Crippen MR) is 379 cm³/mol. The molecule has 2 aliphatic heterocycles. The molecule has 2 aliphatic rings. The van der Waals surface area contributed by atoms with E-state index in [1.54, 1.807) is 86.3 Å².